The van der Waals surface area contributed by atoms with E-state index in [1.54, 1.807) is 6.92 Å². The number of rotatable bonds is 7. The number of carbonyl (C=O) groups excluding carboxylic acids is 2. The number of nitro groups is 1. The molecule has 0 spiro atoms. The number of amides is 2. The molecule has 26 heavy (non-hydrogen) atoms. The maximum atomic E-state index is 11.8. The van der Waals surface area contributed by atoms with Gasteiger partial charge in [0.1, 0.15) is 0 Å². The molecule has 0 radical (unpaired) electrons. The molecule has 2 aromatic carbocycles. The molecule has 2 aromatic rings. The first-order valence-electron chi connectivity index (χ1n) is 7.88. The highest BCUT2D eigenvalue weighted by atomic mass is 16.6. The summed E-state index contributed by atoms with van der Waals surface area (Å²) >= 11 is 0. The molecule has 0 atom stereocenters. The highest BCUT2D eigenvalue weighted by Gasteiger charge is 2.09. The molecule has 8 heteroatoms. The van der Waals surface area contributed by atoms with Gasteiger partial charge >= 0.3 is 0 Å². The van der Waals surface area contributed by atoms with Crippen LogP contribution in [0.2, 0.25) is 0 Å². The lowest BCUT2D eigenvalue weighted by Gasteiger charge is -2.05. The van der Waals surface area contributed by atoms with Gasteiger partial charge in [-0.05, 0) is 24.6 Å². The van der Waals surface area contributed by atoms with E-state index in [1.807, 2.05) is 30.3 Å². The number of hydrogen-bond donors (Lipinski definition) is 2. The van der Waals surface area contributed by atoms with Crippen molar-refractivity contribution < 1.29 is 14.5 Å². The molecular weight excluding hydrogens is 336 g/mol. The van der Waals surface area contributed by atoms with Crippen LogP contribution >= 0.6 is 0 Å². The predicted octanol–water partition coefficient (Wildman–Crippen LogP) is 2.85. The topological polar surface area (TPSA) is 114 Å². The van der Waals surface area contributed by atoms with E-state index in [0.717, 1.165) is 5.56 Å². The van der Waals surface area contributed by atoms with Crippen LogP contribution in [0.5, 0.6) is 0 Å². The molecule has 0 saturated carbocycles. The number of hydrazone groups is 1. The minimum atomic E-state index is -0.520. The molecule has 2 N–H and O–H groups in total. The third-order valence-electron chi connectivity index (χ3n) is 3.48. The molecule has 134 valence electrons. The lowest BCUT2D eigenvalue weighted by atomic mass is 10.1. The van der Waals surface area contributed by atoms with E-state index < -0.39 is 4.92 Å². The van der Waals surface area contributed by atoms with Gasteiger partial charge in [-0.2, -0.15) is 5.10 Å². The second-order valence-electron chi connectivity index (χ2n) is 5.45. The van der Waals surface area contributed by atoms with Crippen LogP contribution in [-0.2, 0) is 9.59 Å². The summed E-state index contributed by atoms with van der Waals surface area (Å²) < 4.78 is 0. The number of non-ortho nitro benzene ring substituents is 1. The Morgan fingerprint density at radius 3 is 2.23 bits per heavy atom. The van der Waals surface area contributed by atoms with Crippen LogP contribution in [0.4, 0.5) is 11.4 Å². The predicted molar refractivity (Wildman–Crippen MR) is 97.8 cm³/mol. The van der Waals surface area contributed by atoms with Crippen molar-refractivity contribution in [3.8, 4) is 0 Å². The molecule has 0 unspecified atom stereocenters. The summed E-state index contributed by atoms with van der Waals surface area (Å²) in [4.78, 5) is 33.7. The largest absolute Gasteiger partial charge is 0.326 e. The fourth-order valence-corrected chi connectivity index (χ4v) is 2.06. The number of benzene rings is 2. The second-order valence-corrected chi connectivity index (χ2v) is 5.45. The number of hydrogen-bond acceptors (Lipinski definition) is 5. The van der Waals surface area contributed by atoms with E-state index in [-0.39, 0.29) is 30.3 Å². The number of nitrogens with zero attached hydrogens (tertiary/aromatic N) is 2. The summed E-state index contributed by atoms with van der Waals surface area (Å²) in [5.74, 6) is -0.739. The van der Waals surface area contributed by atoms with Crippen molar-refractivity contribution in [2.45, 2.75) is 19.8 Å². The first kappa shape index (κ1) is 18.8. The summed E-state index contributed by atoms with van der Waals surface area (Å²) in [6.07, 6.45) is -0.0485. The maximum Gasteiger partial charge on any atom is 0.269 e. The highest BCUT2D eigenvalue weighted by Crippen LogP contribution is 2.15. The zero-order chi connectivity index (χ0) is 18.9. The summed E-state index contributed by atoms with van der Waals surface area (Å²) in [6, 6.07) is 14.8. The smallest absolute Gasteiger partial charge is 0.269 e. The van der Waals surface area contributed by atoms with Gasteiger partial charge < -0.3 is 5.32 Å². The van der Waals surface area contributed by atoms with Crippen molar-refractivity contribution in [1.29, 1.82) is 0 Å². The Hall–Kier alpha value is -3.55. The summed E-state index contributed by atoms with van der Waals surface area (Å²) in [5, 5.41) is 17.2. The summed E-state index contributed by atoms with van der Waals surface area (Å²) in [5.41, 5.74) is 4.34. The van der Waals surface area contributed by atoms with Crippen molar-refractivity contribution in [2.75, 3.05) is 5.32 Å². The van der Waals surface area contributed by atoms with E-state index in [4.69, 9.17) is 0 Å². The minimum absolute atomic E-state index is 0.0234. The highest BCUT2D eigenvalue weighted by molar-refractivity contribution is 5.99. The zero-order valence-electron chi connectivity index (χ0n) is 14.1. The van der Waals surface area contributed by atoms with Crippen LogP contribution in [0, 0.1) is 10.1 Å². The summed E-state index contributed by atoms with van der Waals surface area (Å²) in [7, 11) is 0. The fraction of sp³-hybridized carbons (Fsp3) is 0.167. The van der Waals surface area contributed by atoms with Crippen LogP contribution in [0.3, 0.4) is 0 Å². The Labute approximate surface area is 150 Å². The van der Waals surface area contributed by atoms with Crippen molar-refractivity contribution in [2.24, 2.45) is 5.10 Å². The van der Waals surface area contributed by atoms with Crippen LogP contribution in [0.15, 0.2) is 59.7 Å². The van der Waals surface area contributed by atoms with Crippen molar-refractivity contribution in [3.63, 3.8) is 0 Å². The Kier molecular flexibility index (Phi) is 6.55. The lowest BCUT2D eigenvalue weighted by molar-refractivity contribution is -0.384. The van der Waals surface area contributed by atoms with Gasteiger partial charge in [0.15, 0.2) is 0 Å². The Morgan fingerprint density at radius 1 is 1.00 bits per heavy atom. The van der Waals surface area contributed by atoms with Gasteiger partial charge in [-0.3, -0.25) is 19.7 Å². The van der Waals surface area contributed by atoms with Gasteiger partial charge in [0.25, 0.3) is 5.69 Å². The second kappa shape index (κ2) is 9.07. The van der Waals surface area contributed by atoms with E-state index in [0.29, 0.717) is 11.4 Å². The Bertz CT molecular complexity index is 817. The molecular formula is C18H18N4O4. The SMILES string of the molecule is C/C(=N\NC(=O)CCC(=O)Nc1ccc([N+](=O)[O-])cc1)c1ccccc1. The van der Waals surface area contributed by atoms with Gasteiger partial charge in [0.2, 0.25) is 11.8 Å². The quantitative estimate of drug-likeness (QED) is 0.452. The lowest BCUT2D eigenvalue weighted by Crippen LogP contribution is -2.21. The zero-order valence-corrected chi connectivity index (χ0v) is 14.1. The Morgan fingerprint density at radius 2 is 1.62 bits per heavy atom. The van der Waals surface area contributed by atoms with E-state index in [2.05, 4.69) is 15.8 Å². The monoisotopic (exact) mass is 354 g/mol. The van der Waals surface area contributed by atoms with Crippen LogP contribution in [0.25, 0.3) is 0 Å². The number of nitrogens with one attached hydrogen (secondary N) is 2. The van der Waals surface area contributed by atoms with Gasteiger partial charge in [0, 0.05) is 30.7 Å². The molecule has 0 aliphatic heterocycles. The number of carbonyl (C=O) groups is 2. The molecule has 8 nitrogen and oxygen atoms in total. The van der Waals surface area contributed by atoms with Crippen molar-refractivity contribution in [3.05, 3.63) is 70.3 Å². The molecule has 2 amide bonds. The van der Waals surface area contributed by atoms with E-state index in [9.17, 15) is 19.7 Å². The van der Waals surface area contributed by atoms with Gasteiger partial charge in [-0.25, -0.2) is 5.43 Å². The van der Waals surface area contributed by atoms with E-state index in [1.165, 1.54) is 24.3 Å². The first-order valence-corrected chi connectivity index (χ1v) is 7.88. The van der Waals surface area contributed by atoms with Crippen molar-refractivity contribution in [1.82, 2.24) is 5.43 Å². The average molecular weight is 354 g/mol. The molecule has 2 rings (SSSR count). The minimum Gasteiger partial charge on any atom is -0.326 e. The molecule has 0 saturated heterocycles. The third kappa shape index (κ3) is 5.82. The van der Waals surface area contributed by atoms with Gasteiger partial charge in [-0.15, -0.1) is 0 Å². The average Bonchev–Trinajstić information content (AvgIpc) is 2.65. The summed E-state index contributed by atoms with van der Waals surface area (Å²) in [6.45, 7) is 1.77. The third-order valence-corrected chi connectivity index (χ3v) is 3.48. The van der Waals surface area contributed by atoms with Crippen LogP contribution in [-0.4, -0.2) is 22.4 Å². The van der Waals surface area contributed by atoms with Gasteiger partial charge in [-0.1, -0.05) is 30.3 Å². The first-order chi connectivity index (χ1) is 12.5. The fourth-order valence-electron chi connectivity index (χ4n) is 2.06. The van der Waals surface area contributed by atoms with Gasteiger partial charge in [0.05, 0.1) is 10.6 Å². The number of anilines is 1. The normalized spacial score (nSPS) is 10.9. The molecule has 0 aliphatic rings. The van der Waals surface area contributed by atoms with Crippen LogP contribution < -0.4 is 10.7 Å². The molecule has 0 bridgehead atoms. The van der Waals surface area contributed by atoms with Crippen LogP contribution in [0.1, 0.15) is 25.3 Å². The van der Waals surface area contributed by atoms with Crippen molar-refractivity contribution >= 4 is 28.9 Å². The standard InChI is InChI=1S/C18H18N4O4/c1-13(14-5-3-2-4-6-14)20-21-18(24)12-11-17(23)19-15-7-9-16(10-8-15)22(25)26/h2-10H,11-12H2,1H3,(H,19,23)(H,21,24)/b20-13+. The van der Waals surface area contributed by atoms with E-state index >= 15 is 0 Å². The molecule has 0 aliphatic carbocycles. The number of nitro benzene ring substituents is 1. The molecule has 0 heterocycles. The Balaban J connectivity index is 1.78. The molecule has 0 fully saturated rings. The molecule has 0 aromatic heterocycles. The maximum absolute atomic E-state index is 11.8.